The lowest BCUT2D eigenvalue weighted by molar-refractivity contribution is -0.565. The van der Waals surface area contributed by atoms with Crippen LogP contribution >= 0.6 is 0 Å². The van der Waals surface area contributed by atoms with Crippen molar-refractivity contribution in [1.82, 2.24) is 0 Å². The van der Waals surface area contributed by atoms with E-state index in [1.165, 1.54) is 11.4 Å². The first kappa shape index (κ1) is 23.0. The Hall–Kier alpha value is -3.13. The molecule has 0 radical (unpaired) electrons. The molecule has 1 aliphatic heterocycles. The molecule has 1 amide bonds. The summed E-state index contributed by atoms with van der Waals surface area (Å²) < 4.78 is 51.1. The number of alkyl halides is 3. The van der Waals surface area contributed by atoms with Gasteiger partial charge in [-0.05, 0) is 80.0 Å². The molecule has 174 valence electrons. The number of carbonyl (C=O) groups excluding carboxylic acids is 2. The number of nitrogens with two attached hydrogens (primary N) is 1. The van der Waals surface area contributed by atoms with Gasteiger partial charge in [-0.15, -0.1) is 0 Å². The summed E-state index contributed by atoms with van der Waals surface area (Å²) in [7, 11) is 0. The Kier molecular flexibility index (Phi) is 6.05. The van der Waals surface area contributed by atoms with E-state index in [4.69, 9.17) is 9.47 Å². The molecule has 5 nitrogen and oxygen atoms in total. The standard InChI is InChI=1S/C25H24F3NO4/c1-3-29-23(31)32-21-20(22(30)33-24(21)11-4-5-12-24)19-14-17(10-9-15(19)2)16-7-6-8-18(13-16)25(26,27)28/h6-10,13-14H,3-5,11-12H2,1-2H3,(H,29,31)/p+1. The first-order valence-electron chi connectivity index (χ1n) is 11.0. The summed E-state index contributed by atoms with van der Waals surface area (Å²) >= 11 is 0. The Morgan fingerprint density at radius 3 is 2.48 bits per heavy atom. The number of rotatable bonds is 4. The summed E-state index contributed by atoms with van der Waals surface area (Å²) in [5, 5.41) is 1.39. The van der Waals surface area contributed by atoms with Gasteiger partial charge in [0.05, 0.1) is 12.1 Å². The molecule has 33 heavy (non-hydrogen) atoms. The number of carbonyl (C=O) groups is 2. The minimum absolute atomic E-state index is 0.168. The van der Waals surface area contributed by atoms with Crippen molar-refractivity contribution in [3.05, 3.63) is 64.9 Å². The monoisotopic (exact) mass is 460 g/mol. The van der Waals surface area contributed by atoms with Gasteiger partial charge in [-0.2, -0.15) is 18.0 Å². The molecule has 1 spiro atoms. The Balaban J connectivity index is 1.84. The summed E-state index contributed by atoms with van der Waals surface area (Å²) in [4.78, 5) is 25.4. The minimum atomic E-state index is -4.46. The molecular formula is C25H25F3NO4+. The van der Waals surface area contributed by atoms with Crippen molar-refractivity contribution < 1.29 is 37.6 Å². The second-order valence-corrected chi connectivity index (χ2v) is 8.44. The molecule has 1 fully saturated rings. The maximum absolute atomic E-state index is 13.2. The predicted octanol–water partition coefficient (Wildman–Crippen LogP) is 4.98. The van der Waals surface area contributed by atoms with Crippen LogP contribution in [0, 0.1) is 6.92 Å². The molecule has 2 N–H and O–H groups in total. The van der Waals surface area contributed by atoms with Crippen LogP contribution in [0.2, 0.25) is 0 Å². The number of primary amides is 1. The van der Waals surface area contributed by atoms with Gasteiger partial charge in [0.2, 0.25) is 0 Å². The molecule has 1 heterocycles. The fraction of sp³-hybridized carbons (Fsp3) is 0.360. The largest absolute Gasteiger partial charge is 0.518 e. The van der Waals surface area contributed by atoms with E-state index in [0.29, 0.717) is 36.1 Å². The lowest BCUT2D eigenvalue weighted by Crippen LogP contribution is -2.87. The third kappa shape index (κ3) is 4.39. The maximum Gasteiger partial charge on any atom is 0.518 e. The van der Waals surface area contributed by atoms with E-state index >= 15 is 0 Å². The average molecular weight is 460 g/mol. The zero-order valence-electron chi connectivity index (χ0n) is 18.4. The van der Waals surface area contributed by atoms with Crippen molar-refractivity contribution in [1.29, 1.82) is 0 Å². The number of aryl methyl sites for hydroxylation is 1. The topological polar surface area (TPSA) is 69.2 Å². The third-order valence-corrected chi connectivity index (χ3v) is 6.15. The zero-order chi connectivity index (χ0) is 23.8. The second-order valence-electron chi connectivity index (χ2n) is 8.44. The first-order chi connectivity index (χ1) is 15.6. The SMILES string of the molecule is CC[NH2+]C(=O)OC1=C(c2cc(-c3cccc(C(F)(F)F)c3)ccc2C)C(=O)OC12CCCC2. The molecule has 0 aromatic heterocycles. The number of benzene rings is 2. The van der Waals surface area contributed by atoms with Crippen LogP contribution in [0.3, 0.4) is 0 Å². The second kappa shape index (κ2) is 8.67. The Labute approximate surface area is 189 Å². The fourth-order valence-corrected chi connectivity index (χ4v) is 4.50. The van der Waals surface area contributed by atoms with Gasteiger partial charge in [-0.25, -0.2) is 10.1 Å². The van der Waals surface area contributed by atoms with Crippen LogP contribution in [0.1, 0.15) is 49.3 Å². The molecule has 2 aromatic carbocycles. The smallest absolute Gasteiger partial charge is 0.447 e. The van der Waals surface area contributed by atoms with E-state index in [1.54, 1.807) is 38.1 Å². The van der Waals surface area contributed by atoms with Gasteiger partial charge in [0.1, 0.15) is 5.57 Å². The Bertz CT molecular complexity index is 1130. The molecule has 2 aromatic rings. The summed E-state index contributed by atoms with van der Waals surface area (Å²) in [5.74, 6) is -0.371. The molecule has 2 aliphatic rings. The molecule has 8 heteroatoms. The van der Waals surface area contributed by atoms with Crippen LogP contribution in [0.4, 0.5) is 18.0 Å². The molecule has 1 saturated carbocycles. The molecule has 0 bridgehead atoms. The van der Waals surface area contributed by atoms with Crippen LogP contribution in [-0.4, -0.2) is 24.2 Å². The average Bonchev–Trinajstić information content (AvgIpc) is 3.33. The van der Waals surface area contributed by atoms with Crippen LogP contribution in [0.5, 0.6) is 0 Å². The third-order valence-electron chi connectivity index (χ3n) is 6.15. The van der Waals surface area contributed by atoms with Crippen molar-refractivity contribution in [2.45, 2.75) is 51.3 Å². The van der Waals surface area contributed by atoms with Crippen molar-refractivity contribution >= 4 is 17.6 Å². The van der Waals surface area contributed by atoms with Gasteiger partial charge in [0, 0.05) is 0 Å². The molecule has 0 saturated heterocycles. The van der Waals surface area contributed by atoms with E-state index in [1.807, 2.05) is 0 Å². The first-order valence-corrected chi connectivity index (χ1v) is 11.0. The van der Waals surface area contributed by atoms with E-state index in [-0.39, 0.29) is 11.3 Å². The highest BCUT2D eigenvalue weighted by atomic mass is 19.4. The van der Waals surface area contributed by atoms with Gasteiger partial charge in [-0.1, -0.05) is 24.3 Å². The van der Waals surface area contributed by atoms with E-state index < -0.39 is 29.4 Å². The number of hydrogen-bond donors (Lipinski definition) is 1. The van der Waals surface area contributed by atoms with Crippen molar-refractivity contribution in [2.75, 3.05) is 6.54 Å². The van der Waals surface area contributed by atoms with E-state index in [9.17, 15) is 22.8 Å². The predicted molar refractivity (Wildman–Crippen MR) is 115 cm³/mol. The van der Waals surface area contributed by atoms with Gasteiger partial charge in [0.15, 0.2) is 11.4 Å². The number of ether oxygens (including phenoxy) is 2. The lowest BCUT2D eigenvalue weighted by atomic mass is 9.91. The highest BCUT2D eigenvalue weighted by Gasteiger charge is 2.52. The number of quaternary nitrogens is 1. The minimum Gasteiger partial charge on any atom is -0.447 e. The molecule has 0 atom stereocenters. The zero-order valence-corrected chi connectivity index (χ0v) is 18.4. The van der Waals surface area contributed by atoms with Crippen LogP contribution in [-0.2, 0) is 20.4 Å². The van der Waals surface area contributed by atoms with Crippen LogP contribution < -0.4 is 5.32 Å². The van der Waals surface area contributed by atoms with Gasteiger partial charge in [-0.3, -0.25) is 0 Å². The number of amides is 1. The molecule has 0 unspecified atom stereocenters. The summed E-state index contributed by atoms with van der Waals surface area (Å²) in [6.45, 7) is 4.08. The van der Waals surface area contributed by atoms with Crippen LogP contribution in [0.25, 0.3) is 16.7 Å². The van der Waals surface area contributed by atoms with Crippen molar-refractivity contribution in [3.8, 4) is 11.1 Å². The fourth-order valence-electron chi connectivity index (χ4n) is 4.50. The lowest BCUT2D eigenvalue weighted by Gasteiger charge is -2.23. The quantitative estimate of drug-likeness (QED) is 0.654. The summed E-state index contributed by atoms with van der Waals surface area (Å²) in [6, 6.07) is 10.1. The highest BCUT2D eigenvalue weighted by Crippen LogP contribution is 2.49. The van der Waals surface area contributed by atoms with Gasteiger partial charge < -0.3 is 9.47 Å². The number of halogens is 3. The van der Waals surface area contributed by atoms with E-state index in [2.05, 4.69) is 0 Å². The maximum atomic E-state index is 13.2. The number of esters is 1. The summed E-state index contributed by atoms with van der Waals surface area (Å²) in [5.41, 5.74) is 0.533. The highest BCUT2D eigenvalue weighted by molar-refractivity contribution is 6.20. The van der Waals surface area contributed by atoms with Gasteiger partial charge >= 0.3 is 18.2 Å². The van der Waals surface area contributed by atoms with Gasteiger partial charge in [0.25, 0.3) is 0 Å². The van der Waals surface area contributed by atoms with Crippen molar-refractivity contribution in [2.24, 2.45) is 0 Å². The summed E-state index contributed by atoms with van der Waals surface area (Å²) in [6.07, 6.45) is -2.23. The van der Waals surface area contributed by atoms with E-state index in [0.717, 1.165) is 30.5 Å². The molecule has 1 aliphatic carbocycles. The molecule has 4 rings (SSSR count). The van der Waals surface area contributed by atoms with Crippen molar-refractivity contribution in [3.63, 3.8) is 0 Å². The van der Waals surface area contributed by atoms with Crippen LogP contribution in [0.15, 0.2) is 48.2 Å². The normalized spacial score (nSPS) is 17.5. The Morgan fingerprint density at radius 2 is 1.82 bits per heavy atom. The Morgan fingerprint density at radius 1 is 1.12 bits per heavy atom. The number of hydrogen-bond acceptors (Lipinski definition) is 4. The molecular weight excluding hydrogens is 435 g/mol.